The van der Waals surface area contributed by atoms with Crippen molar-refractivity contribution >= 4 is 18.4 Å². The number of halogens is 6. The lowest BCUT2D eigenvalue weighted by Crippen LogP contribution is -2.55. The smallest absolute Gasteiger partial charge is 0.426 e. The summed E-state index contributed by atoms with van der Waals surface area (Å²) in [6.45, 7) is 8.08. The summed E-state index contributed by atoms with van der Waals surface area (Å²) in [4.78, 5) is 40.9. The van der Waals surface area contributed by atoms with Crippen molar-refractivity contribution in [3.63, 3.8) is 0 Å². The Kier molecular flexibility index (Phi) is 9.70. The molecule has 1 aliphatic heterocycles. The van der Waals surface area contributed by atoms with Crippen molar-refractivity contribution in [3.8, 4) is 0 Å². The highest BCUT2D eigenvalue weighted by Gasteiger charge is 2.60. The van der Waals surface area contributed by atoms with E-state index in [0.29, 0.717) is 31.7 Å². The number of amides is 3. The number of piperidine rings is 1. The maximum Gasteiger partial charge on any atom is 0.434 e. The van der Waals surface area contributed by atoms with E-state index in [1.807, 2.05) is 6.92 Å². The van der Waals surface area contributed by atoms with Crippen LogP contribution in [0.1, 0.15) is 63.3 Å². The number of nitrogens with one attached hydrogen (secondary N) is 2. The first-order chi connectivity index (χ1) is 17.4. The number of carbonyl (C=O) groups excluding carboxylic acids is 3. The number of hydrogen-bond acceptors (Lipinski definition) is 5. The van der Waals surface area contributed by atoms with Crippen LogP contribution in [-0.4, -0.2) is 76.5 Å². The van der Waals surface area contributed by atoms with Gasteiger partial charge in [-0.3, -0.25) is 9.59 Å². The molecule has 9 nitrogen and oxygen atoms in total. The van der Waals surface area contributed by atoms with E-state index in [4.69, 9.17) is 0 Å². The minimum Gasteiger partial charge on any atom is -0.426 e. The average molecular weight is 558 g/mol. The zero-order valence-corrected chi connectivity index (χ0v) is 21.6. The number of nitrogens with zero attached hydrogens (tertiary/aromatic N) is 3. The number of aromatic nitrogens is 2. The monoisotopic (exact) mass is 557 g/mol. The van der Waals surface area contributed by atoms with Gasteiger partial charge in [0.15, 0.2) is 0 Å². The molecule has 1 aliphatic rings. The lowest BCUT2D eigenvalue weighted by Gasteiger charge is -2.39. The van der Waals surface area contributed by atoms with Gasteiger partial charge >= 0.3 is 18.4 Å². The molecule has 0 aliphatic carbocycles. The predicted octanol–water partition coefficient (Wildman–Crippen LogP) is 3.82. The van der Waals surface area contributed by atoms with Crippen LogP contribution in [0, 0.1) is 5.41 Å². The van der Waals surface area contributed by atoms with Crippen LogP contribution in [0.25, 0.3) is 0 Å². The standard InChI is InChI=1S/C23H33F6N5O4/c1-5-20(2,3)12-16-31-15(13-34(16)11-8-30-14-35)17(36)32-21(4)6-9-33(10-7-21)19(37)38-18(22(24,25)26)23(27,28)29/h13-14,18H,5-12H2,1-4H3,(H,30,35)(H,32,36). The van der Waals surface area contributed by atoms with Crippen molar-refractivity contribution in [2.24, 2.45) is 5.41 Å². The van der Waals surface area contributed by atoms with E-state index in [0.717, 1.165) is 11.3 Å². The van der Waals surface area contributed by atoms with E-state index in [9.17, 15) is 40.7 Å². The molecule has 0 aromatic carbocycles. The quantitative estimate of drug-likeness (QED) is 0.259. The van der Waals surface area contributed by atoms with Crippen LogP contribution in [0.2, 0.25) is 0 Å². The lowest BCUT2D eigenvalue weighted by atomic mass is 9.86. The second kappa shape index (κ2) is 11.8. The molecule has 216 valence electrons. The van der Waals surface area contributed by atoms with Gasteiger partial charge in [-0.15, -0.1) is 0 Å². The SMILES string of the molecule is CCC(C)(C)Cc1nc(C(=O)NC2(C)CCN(C(=O)OC(C(F)(F)F)C(F)(F)F)CC2)cn1CCNC=O. The average Bonchev–Trinajstić information content (AvgIpc) is 3.18. The summed E-state index contributed by atoms with van der Waals surface area (Å²) >= 11 is 0. The van der Waals surface area contributed by atoms with Crippen molar-refractivity contribution in [2.75, 3.05) is 19.6 Å². The minimum atomic E-state index is -5.80. The van der Waals surface area contributed by atoms with Crippen LogP contribution in [0.15, 0.2) is 6.20 Å². The molecule has 0 bridgehead atoms. The van der Waals surface area contributed by atoms with Crippen LogP contribution >= 0.6 is 0 Å². The predicted molar refractivity (Wildman–Crippen MR) is 123 cm³/mol. The summed E-state index contributed by atoms with van der Waals surface area (Å²) in [7, 11) is 0. The molecule has 2 rings (SSSR count). The minimum absolute atomic E-state index is 0.0657. The molecule has 1 fully saturated rings. The second-order valence-electron chi connectivity index (χ2n) is 10.4. The van der Waals surface area contributed by atoms with Crippen LogP contribution < -0.4 is 10.6 Å². The molecule has 1 saturated heterocycles. The Labute approximate surface area is 216 Å². The van der Waals surface area contributed by atoms with Crippen LogP contribution in [0.5, 0.6) is 0 Å². The highest BCUT2D eigenvalue weighted by Crippen LogP contribution is 2.36. The van der Waals surface area contributed by atoms with Gasteiger partial charge in [0.2, 0.25) is 6.41 Å². The van der Waals surface area contributed by atoms with Crippen LogP contribution in [0.3, 0.4) is 0 Å². The fourth-order valence-corrected chi connectivity index (χ4v) is 3.84. The molecular formula is C23H33F6N5O4. The number of likely N-dealkylation sites (tertiary alicyclic amines) is 1. The molecule has 1 aromatic heterocycles. The van der Waals surface area contributed by atoms with Gasteiger partial charge in [-0.25, -0.2) is 9.78 Å². The molecule has 38 heavy (non-hydrogen) atoms. The van der Waals surface area contributed by atoms with E-state index in [1.54, 1.807) is 17.7 Å². The molecule has 2 N–H and O–H groups in total. The Morgan fingerprint density at radius 1 is 1.16 bits per heavy atom. The zero-order chi connectivity index (χ0) is 28.9. The number of rotatable bonds is 10. The van der Waals surface area contributed by atoms with Crippen molar-refractivity contribution in [1.29, 1.82) is 0 Å². The molecule has 0 spiro atoms. The van der Waals surface area contributed by atoms with Gasteiger partial charge in [0.05, 0.1) is 0 Å². The molecule has 0 unspecified atom stereocenters. The second-order valence-corrected chi connectivity index (χ2v) is 10.4. The Bertz CT molecular complexity index is 970. The molecule has 0 atom stereocenters. The number of hydrogen-bond donors (Lipinski definition) is 2. The summed E-state index contributed by atoms with van der Waals surface area (Å²) < 4.78 is 81.8. The van der Waals surface area contributed by atoms with Crippen molar-refractivity contribution in [3.05, 3.63) is 17.7 Å². The fourth-order valence-electron chi connectivity index (χ4n) is 3.84. The van der Waals surface area contributed by atoms with Gasteiger partial charge in [-0.1, -0.05) is 27.2 Å². The van der Waals surface area contributed by atoms with Gasteiger partial charge in [0.25, 0.3) is 12.0 Å². The van der Waals surface area contributed by atoms with Gasteiger partial charge in [-0.2, -0.15) is 26.3 Å². The zero-order valence-electron chi connectivity index (χ0n) is 21.6. The first kappa shape index (κ1) is 31.2. The first-order valence-corrected chi connectivity index (χ1v) is 12.1. The van der Waals surface area contributed by atoms with Crippen molar-refractivity contribution in [1.82, 2.24) is 25.1 Å². The van der Waals surface area contributed by atoms with E-state index >= 15 is 0 Å². The maximum absolute atomic E-state index is 13.0. The van der Waals surface area contributed by atoms with Gasteiger partial charge in [-0.05, 0) is 25.2 Å². The summed E-state index contributed by atoms with van der Waals surface area (Å²) in [5.41, 5.74) is -0.869. The van der Waals surface area contributed by atoms with E-state index < -0.39 is 36.0 Å². The van der Waals surface area contributed by atoms with Crippen molar-refractivity contribution < 1.29 is 45.5 Å². The molecule has 0 radical (unpaired) electrons. The number of alkyl halides is 6. The summed E-state index contributed by atoms with van der Waals surface area (Å²) in [6, 6.07) is 0. The Balaban J connectivity index is 2.06. The molecule has 0 saturated carbocycles. The van der Waals surface area contributed by atoms with E-state index in [-0.39, 0.29) is 37.0 Å². The topological polar surface area (TPSA) is 106 Å². The highest BCUT2D eigenvalue weighted by molar-refractivity contribution is 5.92. The first-order valence-electron chi connectivity index (χ1n) is 12.1. The Morgan fingerprint density at radius 2 is 1.74 bits per heavy atom. The molecular weight excluding hydrogens is 524 g/mol. The fraction of sp³-hybridized carbons (Fsp3) is 0.739. The van der Waals surface area contributed by atoms with Crippen LogP contribution in [0.4, 0.5) is 31.1 Å². The van der Waals surface area contributed by atoms with Gasteiger partial charge in [0.1, 0.15) is 11.5 Å². The number of ether oxygens (including phenoxy) is 1. The van der Waals surface area contributed by atoms with Gasteiger partial charge in [0, 0.05) is 44.3 Å². The largest absolute Gasteiger partial charge is 0.434 e. The Hall–Kier alpha value is -3.00. The van der Waals surface area contributed by atoms with E-state index in [1.165, 1.54) is 0 Å². The summed E-state index contributed by atoms with van der Waals surface area (Å²) in [6.07, 6.45) is -13.9. The molecule has 1 aromatic rings. The number of imidazole rings is 1. The van der Waals surface area contributed by atoms with Crippen molar-refractivity contribution in [2.45, 2.75) is 83.9 Å². The lowest BCUT2D eigenvalue weighted by molar-refractivity contribution is -0.308. The molecule has 15 heteroatoms. The third-order valence-corrected chi connectivity index (χ3v) is 6.62. The van der Waals surface area contributed by atoms with Crippen LogP contribution in [-0.2, 0) is 22.5 Å². The maximum atomic E-state index is 13.0. The molecule has 2 heterocycles. The third kappa shape index (κ3) is 8.51. The normalized spacial score (nSPS) is 16.3. The van der Waals surface area contributed by atoms with Gasteiger partial charge < -0.3 is 24.8 Å². The highest BCUT2D eigenvalue weighted by atomic mass is 19.4. The third-order valence-electron chi connectivity index (χ3n) is 6.62. The number of carbonyl (C=O) groups is 3. The van der Waals surface area contributed by atoms with E-state index in [2.05, 4.69) is 34.2 Å². The summed E-state index contributed by atoms with van der Waals surface area (Å²) in [5, 5.41) is 5.38. The summed E-state index contributed by atoms with van der Waals surface area (Å²) in [5.74, 6) is 0.136. The molecule has 3 amide bonds. The Morgan fingerprint density at radius 3 is 2.24 bits per heavy atom.